The van der Waals surface area contributed by atoms with Gasteiger partial charge in [0.2, 0.25) is 5.91 Å². The van der Waals surface area contributed by atoms with E-state index in [4.69, 9.17) is 11.6 Å². The first-order chi connectivity index (χ1) is 12.6. The van der Waals surface area contributed by atoms with Crippen molar-refractivity contribution in [2.45, 2.75) is 13.5 Å². The van der Waals surface area contributed by atoms with Crippen LogP contribution in [-0.2, 0) is 11.3 Å². The number of benzene rings is 1. The molecule has 0 N–H and O–H groups in total. The molecular weight excluding hydrogens is 350 g/mol. The third kappa shape index (κ3) is 3.37. The summed E-state index contributed by atoms with van der Waals surface area (Å²) in [6.45, 7) is 5.30. The molecule has 26 heavy (non-hydrogen) atoms. The van der Waals surface area contributed by atoms with Gasteiger partial charge < -0.3 is 9.80 Å². The first-order valence-corrected chi connectivity index (χ1v) is 9.05. The van der Waals surface area contributed by atoms with Gasteiger partial charge in [-0.05, 0) is 42.8 Å². The molecule has 0 saturated carbocycles. The van der Waals surface area contributed by atoms with Gasteiger partial charge >= 0.3 is 0 Å². The molecule has 1 aliphatic rings. The molecular formula is C19H20ClN5O. The van der Waals surface area contributed by atoms with Crippen molar-refractivity contribution in [3.8, 4) is 0 Å². The highest BCUT2D eigenvalue weighted by Crippen LogP contribution is 2.23. The van der Waals surface area contributed by atoms with Gasteiger partial charge in [0, 0.05) is 54.7 Å². The highest BCUT2D eigenvalue weighted by Gasteiger charge is 2.22. The molecule has 1 saturated heterocycles. The number of piperazine rings is 1. The fourth-order valence-electron chi connectivity index (χ4n) is 3.26. The molecule has 1 fully saturated rings. The summed E-state index contributed by atoms with van der Waals surface area (Å²) in [5.41, 5.74) is 2.90. The van der Waals surface area contributed by atoms with Crippen LogP contribution in [0, 0.1) is 6.92 Å². The lowest BCUT2D eigenvalue weighted by Gasteiger charge is -2.36. The Morgan fingerprint density at radius 3 is 2.73 bits per heavy atom. The molecule has 6 nitrogen and oxygen atoms in total. The Balaban J connectivity index is 1.37. The second-order valence-electron chi connectivity index (χ2n) is 6.54. The van der Waals surface area contributed by atoms with Crippen molar-refractivity contribution in [3.63, 3.8) is 0 Å². The van der Waals surface area contributed by atoms with E-state index in [-0.39, 0.29) is 12.5 Å². The maximum absolute atomic E-state index is 12.6. The van der Waals surface area contributed by atoms with Crippen molar-refractivity contribution >= 4 is 34.2 Å². The van der Waals surface area contributed by atoms with Crippen LogP contribution in [-0.4, -0.2) is 51.8 Å². The van der Waals surface area contributed by atoms with Gasteiger partial charge in [-0.3, -0.25) is 9.48 Å². The quantitative estimate of drug-likeness (QED) is 0.712. The van der Waals surface area contributed by atoms with Gasteiger partial charge in [0.1, 0.15) is 6.54 Å². The Morgan fingerprint density at radius 2 is 2.00 bits per heavy atom. The largest absolute Gasteiger partial charge is 0.368 e. The molecule has 3 heterocycles. The molecule has 134 valence electrons. The van der Waals surface area contributed by atoms with E-state index in [1.54, 1.807) is 10.9 Å². The summed E-state index contributed by atoms with van der Waals surface area (Å²) in [6.07, 6.45) is 3.58. The zero-order valence-corrected chi connectivity index (χ0v) is 15.4. The number of aryl methyl sites for hydroxylation is 1. The third-order valence-electron chi connectivity index (χ3n) is 4.76. The van der Waals surface area contributed by atoms with Gasteiger partial charge in [-0.2, -0.15) is 5.10 Å². The molecule has 0 unspecified atom stereocenters. The summed E-state index contributed by atoms with van der Waals surface area (Å²) in [6, 6.07) is 9.88. The molecule has 4 rings (SSSR count). The second-order valence-corrected chi connectivity index (χ2v) is 6.95. The zero-order chi connectivity index (χ0) is 18.1. The van der Waals surface area contributed by atoms with Crippen LogP contribution in [0.25, 0.3) is 11.0 Å². The summed E-state index contributed by atoms with van der Waals surface area (Å²) < 4.78 is 1.68. The monoisotopic (exact) mass is 369 g/mol. The molecule has 0 atom stereocenters. The summed E-state index contributed by atoms with van der Waals surface area (Å²) in [5.74, 6) is 0.0877. The highest BCUT2D eigenvalue weighted by molar-refractivity contribution is 6.31. The number of halogens is 1. The summed E-state index contributed by atoms with van der Waals surface area (Å²) in [4.78, 5) is 21.0. The number of carbonyl (C=O) groups excluding carboxylic acids is 1. The van der Waals surface area contributed by atoms with E-state index >= 15 is 0 Å². The van der Waals surface area contributed by atoms with E-state index in [2.05, 4.69) is 21.0 Å². The van der Waals surface area contributed by atoms with E-state index in [0.29, 0.717) is 18.7 Å². The Kier molecular flexibility index (Phi) is 4.51. The number of hydrogen-bond donors (Lipinski definition) is 0. The van der Waals surface area contributed by atoms with Crippen molar-refractivity contribution < 1.29 is 4.79 Å². The lowest BCUT2D eigenvalue weighted by Crippen LogP contribution is -2.49. The normalized spacial score (nSPS) is 14.8. The number of nitrogens with zero attached hydrogens (tertiary/aromatic N) is 5. The number of pyridine rings is 1. The average molecular weight is 370 g/mol. The Labute approximate surface area is 157 Å². The number of amides is 1. The van der Waals surface area contributed by atoms with Crippen LogP contribution < -0.4 is 4.90 Å². The third-order valence-corrected chi connectivity index (χ3v) is 5.19. The fraction of sp³-hybridized carbons (Fsp3) is 0.316. The summed E-state index contributed by atoms with van der Waals surface area (Å²) in [7, 11) is 0. The van der Waals surface area contributed by atoms with Crippen LogP contribution in [0.15, 0.2) is 42.7 Å². The van der Waals surface area contributed by atoms with Crippen molar-refractivity contribution in [2.24, 2.45) is 0 Å². The van der Waals surface area contributed by atoms with E-state index in [9.17, 15) is 4.79 Å². The fourth-order valence-corrected chi connectivity index (χ4v) is 3.38. The number of rotatable bonds is 3. The van der Waals surface area contributed by atoms with Crippen LogP contribution in [0.1, 0.15) is 5.56 Å². The second kappa shape index (κ2) is 6.96. The Hall–Kier alpha value is -2.60. The lowest BCUT2D eigenvalue weighted by atomic mass is 10.2. The molecule has 0 spiro atoms. The highest BCUT2D eigenvalue weighted by atomic mass is 35.5. The predicted molar refractivity (Wildman–Crippen MR) is 103 cm³/mol. The first kappa shape index (κ1) is 16.8. The van der Waals surface area contributed by atoms with Crippen LogP contribution >= 0.6 is 11.6 Å². The minimum Gasteiger partial charge on any atom is -0.368 e. The number of carbonyl (C=O) groups is 1. The van der Waals surface area contributed by atoms with Gasteiger partial charge in [0.05, 0.1) is 0 Å². The van der Waals surface area contributed by atoms with Crippen molar-refractivity contribution in [1.82, 2.24) is 19.7 Å². The summed E-state index contributed by atoms with van der Waals surface area (Å²) >= 11 is 6.11. The van der Waals surface area contributed by atoms with Crippen molar-refractivity contribution in [2.75, 3.05) is 31.1 Å². The van der Waals surface area contributed by atoms with Crippen LogP contribution in [0.3, 0.4) is 0 Å². The average Bonchev–Trinajstić information content (AvgIpc) is 3.06. The molecule has 1 aromatic carbocycles. The Bertz CT molecular complexity index is 913. The van der Waals surface area contributed by atoms with Gasteiger partial charge in [0.25, 0.3) is 0 Å². The van der Waals surface area contributed by atoms with Crippen molar-refractivity contribution in [3.05, 3.63) is 53.3 Å². The number of fused-ring (bicyclic) bond motifs is 1. The maximum atomic E-state index is 12.6. The number of aromatic nitrogens is 3. The molecule has 3 aromatic rings. The lowest BCUT2D eigenvalue weighted by molar-refractivity contribution is -0.132. The standard InChI is InChI=1S/C19H20ClN5O/c1-14-11-16(4-5-17(14)20)23-7-9-24(10-8-23)18(26)13-25-12-15-3-2-6-21-19(15)22-25/h2-6,11-12H,7-10,13H2,1H3. The molecule has 1 aliphatic heterocycles. The molecule has 0 radical (unpaired) electrons. The molecule has 2 aromatic heterocycles. The van der Waals surface area contributed by atoms with E-state index in [1.807, 2.05) is 42.3 Å². The number of hydrogen-bond acceptors (Lipinski definition) is 4. The smallest absolute Gasteiger partial charge is 0.244 e. The van der Waals surface area contributed by atoms with Gasteiger partial charge in [0.15, 0.2) is 5.65 Å². The number of anilines is 1. The van der Waals surface area contributed by atoms with E-state index in [0.717, 1.165) is 34.7 Å². The minimum atomic E-state index is 0.0877. The first-order valence-electron chi connectivity index (χ1n) is 8.67. The minimum absolute atomic E-state index is 0.0877. The zero-order valence-electron chi connectivity index (χ0n) is 14.6. The SMILES string of the molecule is Cc1cc(N2CCN(C(=O)Cn3cc4cccnc4n3)CC2)ccc1Cl. The predicted octanol–water partition coefficient (Wildman–Crippen LogP) is 2.74. The van der Waals surface area contributed by atoms with Gasteiger partial charge in [-0.1, -0.05) is 11.6 Å². The van der Waals surface area contributed by atoms with Gasteiger partial charge in [-0.15, -0.1) is 0 Å². The van der Waals surface area contributed by atoms with Crippen LogP contribution in [0.5, 0.6) is 0 Å². The molecule has 0 aliphatic carbocycles. The molecule has 1 amide bonds. The van der Waals surface area contributed by atoms with E-state index in [1.165, 1.54) is 0 Å². The van der Waals surface area contributed by atoms with Crippen LogP contribution in [0.2, 0.25) is 5.02 Å². The maximum Gasteiger partial charge on any atom is 0.244 e. The topological polar surface area (TPSA) is 54.3 Å². The van der Waals surface area contributed by atoms with Crippen molar-refractivity contribution in [1.29, 1.82) is 0 Å². The Morgan fingerprint density at radius 1 is 1.19 bits per heavy atom. The van der Waals surface area contributed by atoms with Gasteiger partial charge in [-0.25, -0.2) is 4.98 Å². The summed E-state index contributed by atoms with van der Waals surface area (Å²) in [5, 5.41) is 6.09. The molecule has 7 heteroatoms. The van der Waals surface area contributed by atoms with Crippen LogP contribution in [0.4, 0.5) is 5.69 Å². The van der Waals surface area contributed by atoms with E-state index < -0.39 is 0 Å². The molecule has 0 bridgehead atoms.